The molecule has 1 aliphatic carbocycles. The molecule has 0 saturated carbocycles. The maximum Gasteiger partial charge on any atom is 0.265 e. The van der Waals surface area contributed by atoms with Crippen molar-refractivity contribution in [1.82, 2.24) is 29.7 Å². The number of hydrogen-bond donors (Lipinski definition) is 1. The Labute approximate surface area is 168 Å². The molecule has 0 aliphatic heterocycles. The summed E-state index contributed by atoms with van der Waals surface area (Å²) >= 11 is 1.16. The molecule has 0 unspecified atom stereocenters. The molecule has 0 aromatic carbocycles. The Hall–Kier alpha value is -2.61. The van der Waals surface area contributed by atoms with Crippen molar-refractivity contribution in [3.05, 3.63) is 46.2 Å². The van der Waals surface area contributed by atoms with Crippen LogP contribution in [0.4, 0.5) is 0 Å². The van der Waals surface area contributed by atoms with Crippen LogP contribution in [0.1, 0.15) is 52.8 Å². The summed E-state index contributed by atoms with van der Waals surface area (Å²) in [6.07, 6.45) is 7.97. The molecule has 28 heavy (non-hydrogen) atoms. The fraction of sp³-hybridized carbons (Fsp3) is 0.450. The van der Waals surface area contributed by atoms with Crippen LogP contribution in [-0.4, -0.2) is 36.8 Å². The fourth-order valence-corrected chi connectivity index (χ4v) is 4.33. The molecule has 0 saturated heterocycles. The predicted octanol–water partition coefficient (Wildman–Crippen LogP) is 3.06. The van der Waals surface area contributed by atoms with Crippen LogP contribution in [0.25, 0.3) is 11.4 Å². The van der Waals surface area contributed by atoms with Crippen LogP contribution in [-0.2, 0) is 25.8 Å². The third-order valence-corrected chi connectivity index (χ3v) is 5.79. The van der Waals surface area contributed by atoms with Gasteiger partial charge in [0.05, 0.1) is 17.9 Å². The van der Waals surface area contributed by atoms with E-state index >= 15 is 0 Å². The van der Waals surface area contributed by atoms with E-state index < -0.39 is 0 Å². The van der Waals surface area contributed by atoms with Crippen molar-refractivity contribution in [2.75, 3.05) is 6.54 Å². The molecule has 0 atom stereocenters. The topological polar surface area (TPSA) is 85.6 Å². The van der Waals surface area contributed by atoms with Gasteiger partial charge >= 0.3 is 0 Å². The molecule has 8 heteroatoms. The highest BCUT2D eigenvalue weighted by Crippen LogP contribution is 2.30. The summed E-state index contributed by atoms with van der Waals surface area (Å²) in [6.45, 7) is 3.25. The molecule has 3 aromatic rings. The minimum absolute atomic E-state index is 0.0931. The second kappa shape index (κ2) is 8.60. The van der Waals surface area contributed by atoms with E-state index in [1.54, 1.807) is 6.20 Å². The zero-order valence-electron chi connectivity index (χ0n) is 16.0. The zero-order chi connectivity index (χ0) is 19.3. The van der Waals surface area contributed by atoms with Gasteiger partial charge in [-0.25, -0.2) is 0 Å². The van der Waals surface area contributed by atoms with Gasteiger partial charge < -0.3 is 5.32 Å². The number of aromatic nitrogens is 5. The summed E-state index contributed by atoms with van der Waals surface area (Å²) < 4.78 is 5.98. The van der Waals surface area contributed by atoms with Crippen molar-refractivity contribution in [2.45, 2.75) is 52.0 Å². The van der Waals surface area contributed by atoms with E-state index in [4.69, 9.17) is 5.10 Å². The minimum Gasteiger partial charge on any atom is -0.349 e. The van der Waals surface area contributed by atoms with Crippen LogP contribution in [0, 0.1) is 0 Å². The second-order valence-electron chi connectivity index (χ2n) is 6.97. The van der Waals surface area contributed by atoms with Crippen molar-refractivity contribution in [3.63, 3.8) is 0 Å². The van der Waals surface area contributed by atoms with Crippen molar-refractivity contribution >= 4 is 17.4 Å². The van der Waals surface area contributed by atoms with Crippen molar-refractivity contribution < 1.29 is 4.79 Å². The first-order valence-electron chi connectivity index (χ1n) is 9.87. The van der Waals surface area contributed by atoms with E-state index in [0.29, 0.717) is 18.0 Å². The SMILES string of the molecule is CCCc1nnsc1C(=O)NCCn1nc(-c2ccccn2)c2c1CCCC2. The second-order valence-corrected chi connectivity index (χ2v) is 7.73. The number of amides is 1. The first-order chi connectivity index (χ1) is 13.8. The number of fused-ring (bicyclic) bond motifs is 1. The van der Waals surface area contributed by atoms with E-state index in [0.717, 1.165) is 54.3 Å². The molecule has 1 N–H and O–H groups in total. The molecule has 7 nitrogen and oxygen atoms in total. The lowest BCUT2D eigenvalue weighted by atomic mass is 9.95. The summed E-state index contributed by atoms with van der Waals surface area (Å²) in [5.74, 6) is -0.0931. The fourth-order valence-electron chi connectivity index (χ4n) is 3.70. The summed E-state index contributed by atoms with van der Waals surface area (Å²) in [4.78, 5) is 17.6. The predicted molar refractivity (Wildman–Crippen MR) is 108 cm³/mol. The number of hydrogen-bond acceptors (Lipinski definition) is 6. The number of carbonyl (C=O) groups excluding carboxylic acids is 1. The lowest BCUT2D eigenvalue weighted by Gasteiger charge is -2.14. The number of pyridine rings is 1. The van der Waals surface area contributed by atoms with Gasteiger partial charge in [0, 0.05) is 24.0 Å². The third kappa shape index (κ3) is 3.82. The maximum atomic E-state index is 12.5. The Kier molecular flexibility index (Phi) is 5.76. The Bertz CT molecular complexity index is 949. The Balaban J connectivity index is 1.47. The van der Waals surface area contributed by atoms with Gasteiger partial charge in [-0.05, 0) is 55.8 Å². The van der Waals surface area contributed by atoms with Gasteiger partial charge in [-0.2, -0.15) is 5.10 Å². The van der Waals surface area contributed by atoms with Crippen LogP contribution in [0.5, 0.6) is 0 Å². The van der Waals surface area contributed by atoms with Crippen LogP contribution < -0.4 is 5.32 Å². The molecule has 0 spiro atoms. The van der Waals surface area contributed by atoms with Crippen LogP contribution >= 0.6 is 11.5 Å². The van der Waals surface area contributed by atoms with Gasteiger partial charge in [0.1, 0.15) is 10.6 Å². The Morgan fingerprint density at radius 1 is 1.29 bits per heavy atom. The largest absolute Gasteiger partial charge is 0.349 e. The summed E-state index contributed by atoms with van der Waals surface area (Å²) in [6, 6.07) is 5.92. The number of nitrogens with zero attached hydrogens (tertiary/aromatic N) is 5. The molecule has 3 aromatic heterocycles. The minimum atomic E-state index is -0.0931. The van der Waals surface area contributed by atoms with E-state index in [2.05, 4.69) is 31.5 Å². The molecule has 0 bridgehead atoms. The van der Waals surface area contributed by atoms with E-state index in [-0.39, 0.29) is 5.91 Å². The number of aryl methyl sites for hydroxylation is 1. The van der Waals surface area contributed by atoms with Gasteiger partial charge in [-0.3, -0.25) is 14.5 Å². The monoisotopic (exact) mass is 396 g/mol. The molecule has 4 rings (SSSR count). The van der Waals surface area contributed by atoms with Crippen LogP contribution in [0.2, 0.25) is 0 Å². The molecule has 1 amide bonds. The number of carbonyl (C=O) groups is 1. The average molecular weight is 397 g/mol. The highest BCUT2D eigenvalue weighted by Gasteiger charge is 2.22. The molecule has 1 aliphatic rings. The van der Waals surface area contributed by atoms with Gasteiger partial charge in [0.2, 0.25) is 0 Å². The molecule has 3 heterocycles. The van der Waals surface area contributed by atoms with Crippen molar-refractivity contribution in [3.8, 4) is 11.4 Å². The van der Waals surface area contributed by atoms with Crippen molar-refractivity contribution in [1.29, 1.82) is 0 Å². The lowest BCUT2D eigenvalue weighted by Crippen LogP contribution is -2.28. The van der Waals surface area contributed by atoms with E-state index in [1.807, 2.05) is 18.2 Å². The molecule has 0 fully saturated rings. The normalized spacial score (nSPS) is 13.3. The van der Waals surface area contributed by atoms with E-state index in [1.165, 1.54) is 24.1 Å². The van der Waals surface area contributed by atoms with Gasteiger partial charge in [-0.15, -0.1) is 5.10 Å². The quantitative estimate of drug-likeness (QED) is 0.663. The first-order valence-corrected chi connectivity index (χ1v) is 10.6. The average Bonchev–Trinajstić information content (AvgIpc) is 3.34. The van der Waals surface area contributed by atoms with Gasteiger partial charge in [0.15, 0.2) is 0 Å². The molecule has 146 valence electrons. The highest BCUT2D eigenvalue weighted by molar-refractivity contribution is 7.08. The maximum absolute atomic E-state index is 12.5. The summed E-state index contributed by atoms with van der Waals surface area (Å²) in [5, 5.41) is 11.9. The molecule has 0 radical (unpaired) electrons. The standard InChI is InChI=1S/C20H24N6OS/c1-2-7-16-19(28-25-23-16)20(27)22-12-13-26-17-10-4-3-8-14(17)18(24-26)15-9-5-6-11-21-15/h5-6,9,11H,2-4,7-8,10,12-13H2,1H3,(H,22,27). The molecular weight excluding hydrogens is 372 g/mol. The number of rotatable bonds is 7. The Morgan fingerprint density at radius 3 is 3.00 bits per heavy atom. The van der Waals surface area contributed by atoms with Crippen LogP contribution in [0.15, 0.2) is 24.4 Å². The third-order valence-electron chi connectivity index (χ3n) is 5.02. The summed E-state index contributed by atoms with van der Waals surface area (Å²) in [5.41, 5.74) is 5.29. The lowest BCUT2D eigenvalue weighted by molar-refractivity contribution is 0.0954. The van der Waals surface area contributed by atoms with Gasteiger partial charge in [0.25, 0.3) is 5.91 Å². The molecular formula is C20H24N6OS. The van der Waals surface area contributed by atoms with E-state index in [9.17, 15) is 4.79 Å². The zero-order valence-corrected chi connectivity index (χ0v) is 16.8. The highest BCUT2D eigenvalue weighted by atomic mass is 32.1. The summed E-state index contributed by atoms with van der Waals surface area (Å²) in [7, 11) is 0. The van der Waals surface area contributed by atoms with Gasteiger partial charge in [-0.1, -0.05) is 23.9 Å². The smallest absolute Gasteiger partial charge is 0.265 e. The van der Waals surface area contributed by atoms with Crippen LogP contribution in [0.3, 0.4) is 0 Å². The van der Waals surface area contributed by atoms with Crippen molar-refractivity contribution in [2.24, 2.45) is 0 Å². The first kappa shape index (κ1) is 18.7. The Morgan fingerprint density at radius 2 is 2.18 bits per heavy atom. The number of nitrogens with one attached hydrogen (secondary N) is 1.